The van der Waals surface area contributed by atoms with Crippen LogP contribution in [0.25, 0.3) is 0 Å². The molecule has 0 aromatic rings. The summed E-state index contributed by atoms with van der Waals surface area (Å²) in [5.74, 6) is 0. The van der Waals surface area contributed by atoms with Crippen LogP contribution in [0.15, 0.2) is 0 Å². The monoisotopic (exact) mass is 228 g/mol. The molecule has 0 aromatic carbocycles. The maximum absolute atomic E-state index is 0. The van der Waals surface area contributed by atoms with Crippen molar-refractivity contribution in [2.75, 3.05) is 0 Å². The van der Waals surface area contributed by atoms with E-state index in [0.29, 0.717) is 0 Å². The third-order valence-electron chi connectivity index (χ3n) is 0. The van der Waals surface area contributed by atoms with Crippen molar-refractivity contribution in [2.24, 2.45) is 0 Å². The minimum atomic E-state index is 0. The molecule has 4 heteroatoms. The molecule has 0 saturated carbocycles. The van der Waals surface area contributed by atoms with Crippen LogP contribution in [0.3, 0.4) is 0 Å². The van der Waals surface area contributed by atoms with Gasteiger partial charge in [-0.1, -0.05) is 0 Å². The Labute approximate surface area is 68.5 Å². The van der Waals surface area contributed by atoms with Crippen LogP contribution in [-0.4, -0.2) is 63.0 Å². The molecule has 0 aromatic heterocycles. The predicted octanol–water partition coefficient (Wildman–Crippen LogP) is -0.980. The second-order valence-corrected chi connectivity index (χ2v) is 0. The summed E-state index contributed by atoms with van der Waals surface area (Å²) in [6.07, 6.45) is 0. The molecule has 1 nitrogen and oxygen atoms in total. The Bertz CT molecular complexity index is 8.00. The molecule has 3 N–H and O–H groups in total. The van der Waals surface area contributed by atoms with Crippen LogP contribution in [0.1, 0.15) is 0 Å². The minimum Gasteiger partial charge on any atom is -0.344 e. The summed E-state index contributed by atoms with van der Waals surface area (Å²) in [7, 11) is 0. The molecular weight excluding hydrogens is 226 g/mol. The summed E-state index contributed by atoms with van der Waals surface area (Å²) in [5.41, 5.74) is 0. The van der Waals surface area contributed by atoms with E-state index in [1.165, 1.54) is 0 Å². The van der Waals surface area contributed by atoms with Gasteiger partial charge in [0, 0.05) is 63.0 Å². The number of hydrogen-bond acceptors (Lipinski definition) is 1. The molecule has 0 heterocycles. The zero-order chi connectivity index (χ0) is 0. The van der Waals surface area contributed by atoms with Gasteiger partial charge in [-0.15, -0.1) is 0 Å². The van der Waals surface area contributed by atoms with Crippen LogP contribution >= 0.6 is 0 Å². The summed E-state index contributed by atoms with van der Waals surface area (Å²) in [6.45, 7) is 0. The van der Waals surface area contributed by atoms with Crippen molar-refractivity contribution in [1.29, 1.82) is 0 Å². The average molecular weight is 229 g/mol. The zero-order valence-corrected chi connectivity index (χ0v) is 9.31. The molecule has 4 heavy (non-hydrogen) atoms. The van der Waals surface area contributed by atoms with Gasteiger partial charge in [0.05, 0.1) is 0 Å². The van der Waals surface area contributed by atoms with Gasteiger partial charge in [0.15, 0.2) is 0 Å². The van der Waals surface area contributed by atoms with Gasteiger partial charge in [-0.3, -0.25) is 0 Å². The Kier molecular flexibility index (Phi) is 188. The quantitative estimate of drug-likeness (QED) is 0.532. The van der Waals surface area contributed by atoms with E-state index in [-0.39, 0.29) is 69.1 Å². The second-order valence-electron chi connectivity index (χ2n) is 0. The first-order valence-electron chi connectivity index (χ1n) is 0. The van der Waals surface area contributed by atoms with Gasteiger partial charge in [-0.2, -0.15) is 0 Å². The van der Waals surface area contributed by atoms with Gasteiger partial charge in [0.25, 0.3) is 0 Å². The van der Waals surface area contributed by atoms with Crippen molar-refractivity contribution in [3.05, 3.63) is 0 Å². The molecule has 17 valence electrons. The van der Waals surface area contributed by atoms with Gasteiger partial charge in [0.2, 0.25) is 0 Å². The van der Waals surface area contributed by atoms with E-state index in [0.717, 1.165) is 0 Å². The van der Waals surface area contributed by atoms with Crippen LogP contribution in [0.4, 0.5) is 0 Å². The Balaban J connectivity index is 0. The van der Waals surface area contributed by atoms with Crippen LogP contribution in [0.2, 0.25) is 0 Å². The first kappa shape index (κ1) is 37.5. The van der Waals surface area contributed by atoms with E-state index in [9.17, 15) is 0 Å². The van der Waals surface area contributed by atoms with Crippen LogP contribution in [0.5, 0.6) is 0 Å². The minimum absolute atomic E-state index is 0. The fraction of sp³-hybridized carbons (Fsp3) is 0. The van der Waals surface area contributed by atoms with Crippen molar-refractivity contribution in [1.82, 2.24) is 6.15 Å². The van der Waals surface area contributed by atoms with Gasteiger partial charge >= 0.3 is 0 Å². The van der Waals surface area contributed by atoms with Gasteiger partial charge in [-0.05, 0) is 0 Å². The van der Waals surface area contributed by atoms with Crippen LogP contribution in [-0.2, 0) is 0 Å². The molecule has 0 saturated heterocycles. The van der Waals surface area contributed by atoms with E-state index in [4.69, 9.17) is 0 Å². The summed E-state index contributed by atoms with van der Waals surface area (Å²) in [5, 5.41) is 0. The maximum Gasteiger partial charge on any atom is 0 e. The first-order chi connectivity index (χ1) is 0. The Hall–Kier alpha value is 2.00. The molecule has 0 amide bonds. The molecule has 0 bridgehead atoms. The SMILES string of the molecule is N.[Al].[Ga].[In]. The summed E-state index contributed by atoms with van der Waals surface area (Å²) >= 11 is 0. The van der Waals surface area contributed by atoms with E-state index >= 15 is 0 Å². The van der Waals surface area contributed by atoms with Crippen molar-refractivity contribution >= 4 is 63.0 Å². The molecule has 0 rings (SSSR count). The zero-order valence-electron chi connectivity index (χ0n) is 2.44. The van der Waals surface area contributed by atoms with Crippen molar-refractivity contribution < 1.29 is 0 Å². The molecule has 0 unspecified atom stereocenters. The summed E-state index contributed by atoms with van der Waals surface area (Å²) < 4.78 is 0. The molecule has 0 aliphatic rings. The third-order valence-corrected chi connectivity index (χ3v) is 0. The molecule has 0 atom stereocenters. The molecule has 9 radical (unpaired) electrons. The molecule has 0 fully saturated rings. The largest absolute Gasteiger partial charge is 0.344 e. The fourth-order valence-electron chi connectivity index (χ4n) is 0. The first-order valence-corrected chi connectivity index (χ1v) is 0. The average Bonchev–Trinajstić information content (AvgIpc) is 0. The standard InChI is InChI=1S/Al.Ga.In.H3N/h;;;1H3. The number of hydrogen-bond donors (Lipinski definition) is 1. The van der Waals surface area contributed by atoms with Crippen LogP contribution < -0.4 is 6.15 Å². The topological polar surface area (TPSA) is 35.0 Å². The normalized spacial score (nSPS) is 0. The molecule has 0 spiro atoms. The Morgan fingerprint density at radius 2 is 1.00 bits per heavy atom. The molecule has 0 aliphatic heterocycles. The van der Waals surface area contributed by atoms with E-state index < -0.39 is 0 Å². The summed E-state index contributed by atoms with van der Waals surface area (Å²) in [6, 6.07) is 0. The van der Waals surface area contributed by atoms with Crippen LogP contribution in [0, 0.1) is 0 Å². The van der Waals surface area contributed by atoms with Crippen molar-refractivity contribution in [3.8, 4) is 0 Å². The molecular formula is H3AlGaInN. The second kappa shape index (κ2) is 20.0. The van der Waals surface area contributed by atoms with Crippen molar-refractivity contribution in [3.63, 3.8) is 0 Å². The smallest absolute Gasteiger partial charge is 0 e. The van der Waals surface area contributed by atoms with E-state index in [2.05, 4.69) is 0 Å². The summed E-state index contributed by atoms with van der Waals surface area (Å²) in [4.78, 5) is 0. The van der Waals surface area contributed by atoms with E-state index in [1.807, 2.05) is 0 Å². The van der Waals surface area contributed by atoms with E-state index in [1.54, 1.807) is 0 Å². The van der Waals surface area contributed by atoms with Gasteiger partial charge in [-0.25, -0.2) is 0 Å². The maximum atomic E-state index is 0. The fourth-order valence-corrected chi connectivity index (χ4v) is 0. The third kappa shape index (κ3) is 9.00. The Morgan fingerprint density at radius 3 is 1.00 bits per heavy atom. The predicted molar refractivity (Wildman–Crippen MR) is 22.3 cm³/mol. The van der Waals surface area contributed by atoms with Gasteiger partial charge in [0.1, 0.15) is 0 Å². The van der Waals surface area contributed by atoms with Gasteiger partial charge < -0.3 is 6.15 Å². The number of rotatable bonds is 0. The molecule has 0 aliphatic carbocycles. The Morgan fingerprint density at radius 1 is 1.00 bits per heavy atom. The van der Waals surface area contributed by atoms with Crippen molar-refractivity contribution in [2.45, 2.75) is 0 Å².